The summed E-state index contributed by atoms with van der Waals surface area (Å²) in [7, 11) is 0. The summed E-state index contributed by atoms with van der Waals surface area (Å²) in [5, 5.41) is 0. The molecule has 0 N–H and O–H groups in total. The first-order valence-electron chi connectivity index (χ1n) is 12.0. The highest BCUT2D eigenvalue weighted by molar-refractivity contribution is 5.35. The van der Waals surface area contributed by atoms with Crippen molar-refractivity contribution in [2.45, 2.75) is 89.9 Å². The van der Waals surface area contributed by atoms with Gasteiger partial charge in [0.15, 0.2) is 12.3 Å². The first kappa shape index (κ1) is 21.7. The van der Waals surface area contributed by atoms with Gasteiger partial charge in [0.25, 0.3) is 0 Å². The van der Waals surface area contributed by atoms with Gasteiger partial charge >= 0.3 is 0 Å². The first-order valence-corrected chi connectivity index (χ1v) is 12.0. The van der Waals surface area contributed by atoms with Gasteiger partial charge in [-0.15, -0.1) is 0 Å². The number of aryl methyl sites for hydroxylation is 2. The van der Waals surface area contributed by atoms with Crippen molar-refractivity contribution >= 4 is 0 Å². The Kier molecular flexibility index (Phi) is 7.05. The SMILES string of the molecule is Cc1ccc(CCC2CCC(C3=CC=C(C4CCCCC4)C(F)C3F)CC2)cc1F. The maximum Gasteiger partial charge on any atom is 0.157 e. The molecule has 2 fully saturated rings. The van der Waals surface area contributed by atoms with E-state index in [1.165, 1.54) is 6.42 Å². The third-order valence-electron chi connectivity index (χ3n) is 7.83. The molecule has 3 heteroatoms. The van der Waals surface area contributed by atoms with Crippen molar-refractivity contribution in [2.24, 2.45) is 17.8 Å². The van der Waals surface area contributed by atoms with Crippen molar-refractivity contribution in [3.63, 3.8) is 0 Å². The molecule has 0 heterocycles. The van der Waals surface area contributed by atoms with E-state index in [0.717, 1.165) is 69.8 Å². The largest absolute Gasteiger partial charge is 0.239 e. The van der Waals surface area contributed by atoms with E-state index in [4.69, 9.17) is 0 Å². The van der Waals surface area contributed by atoms with E-state index in [2.05, 4.69) is 0 Å². The lowest BCUT2D eigenvalue weighted by Gasteiger charge is -2.36. The van der Waals surface area contributed by atoms with Crippen LogP contribution in [0.5, 0.6) is 0 Å². The van der Waals surface area contributed by atoms with Gasteiger partial charge in [0.05, 0.1) is 0 Å². The Balaban J connectivity index is 1.31. The highest BCUT2D eigenvalue weighted by atomic mass is 19.2. The van der Waals surface area contributed by atoms with Crippen LogP contribution in [0.1, 0.15) is 75.3 Å². The number of rotatable bonds is 5. The molecule has 0 nitrogen and oxygen atoms in total. The topological polar surface area (TPSA) is 0 Å². The van der Waals surface area contributed by atoms with Crippen molar-refractivity contribution in [1.29, 1.82) is 0 Å². The van der Waals surface area contributed by atoms with E-state index in [1.54, 1.807) is 13.0 Å². The second-order valence-corrected chi connectivity index (χ2v) is 9.81. The van der Waals surface area contributed by atoms with Gasteiger partial charge in [0.1, 0.15) is 5.82 Å². The fraction of sp³-hybridized carbons (Fsp3) is 0.630. The quantitative estimate of drug-likeness (QED) is 0.456. The Bertz CT molecular complexity index is 779. The molecule has 2 unspecified atom stereocenters. The van der Waals surface area contributed by atoms with Gasteiger partial charge in [0, 0.05) is 0 Å². The summed E-state index contributed by atoms with van der Waals surface area (Å²) >= 11 is 0. The summed E-state index contributed by atoms with van der Waals surface area (Å²) in [4.78, 5) is 0. The molecule has 164 valence electrons. The first-order chi connectivity index (χ1) is 14.5. The number of halogens is 3. The summed E-state index contributed by atoms with van der Waals surface area (Å²) in [5.74, 6) is 0.890. The Hall–Kier alpha value is -1.51. The number of alkyl halides is 2. The number of benzene rings is 1. The van der Waals surface area contributed by atoms with Crippen LogP contribution in [0.3, 0.4) is 0 Å². The van der Waals surface area contributed by atoms with Crippen LogP contribution in [0.15, 0.2) is 41.5 Å². The van der Waals surface area contributed by atoms with Crippen molar-refractivity contribution < 1.29 is 13.2 Å². The molecule has 0 amide bonds. The van der Waals surface area contributed by atoms with Crippen LogP contribution in [0, 0.1) is 30.5 Å². The molecule has 0 saturated heterocycles. The molecule has 2 saturated carbocycles. The van der Waals surface area contributed by atoms with Crippen LogP contribution in [0.2, 0.25) is 0 Å². The maximum atomic E-state index is 15.0. The van der Waals surface area contributed by atoms with Crippen molar-refractivity contribution in [2.75, 3.05) is 0 Å². The molecule has 0 spiro atoms. The zero-order valence-electron chi connectivity index (χ0n) is 18.2. The molecule has 0 radical (unpaired) electrons. The van der Waals surface area contributed by atoms with E-state index in [9.17, 15) is 8.78 Å². The van der Waals surface area contributed by atoms with Crippen LogP contribution in [-0.4, -0.2) is 12.3 Å². The molecule has 4 rings (SSSR count). The van der Waals surface area contributed by atoms with Crippen molar-refractivity contribution in [3.8, 4) is 0 Å². The average Bonchev–Trinajstić information content (AvgIpc) is 2.77. The third kappa shape index (κ3) is 4.86. The summed E-state index contributed by atoms with van der Waals surface area (Å²) < 4.78 is 43.8. The van der Waals surface area contributed by atoms with Crippen molar-refractivity contribution in [3.05, 3.63) is 58.4 Å². The van der Waals surface area contributed by atoms with E-state index in [-0.39, 0.29) is 17.7 Å². The third-order valence-corrected chi connectivity index (χ3v) is 7.83. The fourth-order valence-electron chi connectivity index (χ4n) is 5.82. The minimum absolute atomic E-state index is 0.129. The molecule has 0 aromatic heterocycles. The minimum atomic E-state index is -1.45. The Labute approximate surface area is 179 Å². The maximum absolute atomic E-state index is 15.0. The summed E-state index contributed by atoms with van der Waals surface area (Å²) in [6.45, 7) is 1.79. The van der Waals surface area contributed by atoms with Gasteiger partial charge in [-0.3, -0.25) is 0 Å². The Morgan fingerprint density at radius 2 is 1.40 bits per heavy atom. The smallest absolute Gasteiger partial charge is 0.157 e. The van der Waals surface area contributed by atoms with Crippen LogP contribution in [0.4, 0.5) is 13.2 Å². The number of hydrogen-bond acceptors (Lipinski definition) is 0. The monoisotopic (exact) mass is 416 g/mol. The second kappa shape index (κ2) is 9.75. The molecule has 0 aliphatic heterocycles. The van der Waals surface area contributed by atoms with E-state index in [0.29, 0.717) is 22.6 Å². The van der Waals surface area contributed by atoms with E-state index in [1.807, 2.05) is 24.3 Å². The van der Waals surface area contributed by atoms with E-state index >= 15 is 4.39 Å². The second-order valence-electron chi connectivity index (χ2n) is 9.81. The highest BCUT2D eigenvalue weighted by Gasteiger charge is 2.38. The molecular formula is C27H35F3. The van der Waals surface area contributed by atoms with Crippen LogP contribution < -0.4 is 0 Å². The van der Waals surface area contributed by atoms with E-state index < -0.39 is 12.3 Å². The number of hydrogen-bond donors (Lipinski definition) is 0. The molecule has 3 aliphatic carbocycles. The fourth-order valence-corrected chi connectivity index (χ4v) is 5.82. The lowest BCUT2D eigenvalue weighted by Crippen LogP contribution is -2.33. The summed E-state index contributed by atoms with van der Waals surface area (Å²) in [6, 6.07) is 5.52. The predicted octanol–water partition coefficient (Wildman–Crippen LogP) is 8.00. The highest BCUT2D eigenvalue weighted by Crippen LogP contribution is 2.43. The number of allylic oxidation sites excluding steroid dienone is 4. The van der Waals surface area contributed by atoms with Gasteiger partial charge in [-0.25, -0.2) is 13.2 Å². The molecule has 1 aromatic rings. The zero-order chi connectivity index (χ0) is 21.1. The molecule has 2 atom stereocenters. The summed E-state index contributed by atoms with van der Waals surface area (Å²) in [6.07, 6.45) is 12.4. The molecular weight excluding hydrogens is 381 g/mol. The molecule has 30 heavy (non-hydrogen) atoms. The standard InChI is InChI=1S/C27H35F3/c1-18-7-8-20(17-25(18)28)10-9-19-11-13-22(14-12-19)24-16-15-23(26(29)27(24)30)21-5-3-2-4-6-21/h7-8,15-17,19,21-22,26-27H,2-6,9-14H2,1H3. The minimum Gasteiger partial charge on any atom is -0.239 e. The van der Waals surface area contributed by atoms with Gasteiger partial charge in [-0.2, -0.15) is 0 Å². The molecule has 1 aromatic carbocycles. The average molecular weight is 417 g/mol. The predicted molar refractivity (Wildman–Crippen MR) is 117 cm³/mol. The molecule has 3 aliphatic rings. The van der Waals surface area contributed by atoms with Gasteiger partial charge in [-0.1, -0.05) is 43.5 Å². The van der Waals surface area contributed by atoms with Crippen molar-refractivity contribution in [1.82, 2.24) is 0 Å². The Morgan fingerprint density at radius 1 is 0.800 bits per heavy atom. The van der Waals surface area contributed by atoms with Crippen LogP contribution >= 0.6 is 0 Å². The van der Waals surface area contributed by atoms with Gasteiger partial charge < -0.3 is 0 Å². The lowest BCUT2D eigenvalue weighted by molar-refractivity contribution is 0.177. The van der Waals surface area contributed by atoms with Gasteiger partial charge in [0.2, 0.25) is 0 Å². The zero-order valence-corrected chi connectivity index (χ0v) is 18.2. The summed E-state index contributed by atoms with van der Waals surface area (Å²) in [5.41, 5.74) is 3.15. The Morgan fingerprint density at radius 3 is 2.00 bits per heavy atom. The van der Waals surface area contributed by atoms with Gasteiger partial charge in [-0.05, 0) is 104 Å². The van der Waals surface area contributed by atoms with Crippen LogP contribution in [0.25, 0.3) is 0 Å². The lowest BCUT2D eigenvalue weighted by atomic mass is 9.72. The normalized spacial score (nSPS) is 30.7. The van der Waals surface area contributed by atoms with Crippen LogP contribution in [-0.2, 0) is 6.42 Å². The molecule has 0 bridgehead atoms.